The molecule has 5 heteroatoms. The Morgan fingerprint density at radius 2 is 1.88 bits per heavy atom. The molecule has 126 valence electrons. The van der Waals surface area contributed by atoms with Crippen LogP contribution in [0.2, 0.25) is 0 Å². The maximum Gasteiger partial charge on any atom is 0.251 e. The van der Waals surface area contributed by atoms with Crippen LogP contribution in [-0.4, -0.2) is 33.2 Å². The number of ether oxygens (including phenoxy) is 2. The lowest BCUT2D eigenvalue weighted by Gasteiger charge is -2.27. The van der Waals surface area contributed by atoms with Gasteiger partial charge in [-0.1, -0.05) is 24.3 Å². The molecule has 1 amide bonds. The van der Waals surface area contributed by atoms with E-state index in [1.54, 1.807) is 32.4 Å². The second kappa shape index (κ2) is 7.36. The van der Waals surface area contributed by atoms with Crippen molar-refractivity contribution in [3.63, 3.8) is 0 Å². The molecule has 24 heavy (non-hydrogen) atoms. The van der Waals surface area contributed by atoms with Gasteiger partial charge >= 0.3 is 0 Å². The van der Waals surface area contributed by atoms with Gasteiger partial charge in [-0.15, -0.1) is 0 Å². The monoisotopic (exact) mass is 326 g/mol. The zero-order valence-electron chi connectivity index (χ0n) is 14.0. The fourth-order valence-corrected chi connectivity index (χ4v) is 3.01. The highest BCUT2D eigenvalue weighted by Crippen LogP contribution is 2.24. The summed E-state index contributed by atoms with van der Waals surface area (Å²) in [6.07, 6.45) is 1.02. The number of carbonyl (C=O) groups excluding carboxylic acids is 1. The third kappa shape index (κ3) is 3.51. The molecule has 0 aromatic heterocycles. The first kappa shape index (κ1) is 16.3. The summed E-state index contributed by atoms with van der Waals surface area (Å²) in [5, 5.41) is 6.46. The quantitative estimate of drug-likeness (QED) is 0.885. The minimum atomic E-state index is -0.142. The van der Waals surface area contributed by atoms with E-state index in [1.807, 2.05) is 6.07 Å². The van der Waals surface area contributed by atoms with Crippen molar-refractivity contribution in [2.45, 2.75) is 12.5 Å². The summed E-state index contributed by atoms with van der Waals surface area (Å²) in [6, 6.07) is 13.7. The van der Waals surface area contributed by atoms with Crippen molar-refractivity contribution >= 4 is 5.91 Å². The standard InChI is InChI=1S/C19H22N2O3/c1-23-15-9-14(10-16(11-15)24-2)19(22)21-12-18-17-6-4-3-5-13(17)7-8-20-18/h3-6,9-11,18,20H,7-8,12H2,1-2H3,(H,21,22). The molecular formula is C19H22N2O3. The predicted octanol–water partition coefficient (Wildman–Crippen LogP) is 2.32. The lowest BCUT2D eigenvalue weighted by molar-refractivity contribution is 0.0948. The van der Waals surface area contributed by atoms with Gasteiger partial charge in [0.2, 0.25) is 0 Å². The van der Waals surface area contributed by atoms with Gasteiger partial charge in [0.1, 0.15) is 11.5 Å². The second-order valence-electron chi connectivity index (χ2n) is 5.77. The summed E-state index contributed by atoms with van der Waals surface area (Å²) in [5.41, 5.74) is 3.13. The molecule has 1 heterocycles. The van der Waals surface area contributed by atoms with E-state index < -0.39 is 0 Å². The molecule has 1 aliphatic rings. The van der Waals surface area contributed by atoms with E-state index in [-0.39, 0.29) is 11.9 Å². The van der Waals surface area contributed by atoms with Crippen molar-refractivity contribution in [3.05, 3.63) is 59.2 Å². The average Bonchev–Trinajstić information content (AvgIpc) is 2.65. The van der Waals surface area contributed by atoms with E-state index >= 15 is 0 Å². The molecular weight excluding hydrogens is 304 g/mol. The van der Waals surface area contributed by atoms with Crippen LogP contribution < -0.4 is 20.1 Å². The lowest BCUT2D eigenvalue weighted by Crippen LogP contribution is -2.38. The van der Waals surface area contributed by atoms with Gasteiger partial charge in [0.15, 0.2) is 0 Å². The van der Waals surface area contributed by atoms with E-state index in [4.69, 9.17) is 9.47 Å². The molecule has 5 nitrogen and oxygen atoms in total. The lowest BCUT2D eigenvalue weighted by atomic mass is 9.94. The van der Waals surface area contributed by atoms with Gasteiger partial charge in [0, 0.05) is 24.2 Å². The molecule has 1 atom stereocenters. The van der Waals surface area contributed by atoms with E-state index in [0.29, 0.717) is 23.6 Å². The third-order valence-electron chi connectivity index (χ3n) is 4.30. The summed E-state index contributed by atoms with van der Waals surface area (Å²) >= 11 is 0. The van der Waals surface area contributed by atoms with Gasteiger partial charge in [0.25, 0.3) is 5.91 Å². The number of amides is 1. The molecule has 0 aliphatic carbocycles. The Bertz CT molecular complexity index is 708. The zero-order valence-corrected chi connectivity index (χ0v) is 14.0. The van der Waals surface area contributed by atoms with Crippen molar-refractivity contribution in [2.24, 2.45) is 0 Å². The molecule has 1 aliphatic heterocycles. The van der Waals surface area contributed by atoms with E-state index in [9.17, 15) is 4.79 Å². The van der Waals surface area contributed by atoms with Gasteiger partial charge in [-0.25, -0.2) is 0 Å². The van der Waals surface area contributed by atoms with Crippen LogP contribution in [0.15, 0.2) is 42.5 Å². The van der Waals surface area contributed by atoms with Crippen molar-refractivity contribution < 1.29 is 14.3 Å². The van der Waals surface area contributed by atoms with Crippen LogP contribution in [0.25, 0.3) is 0 Å². The Balaban J connectivity index is 1.70. The summed E-state index contributed by atoms with van der Waals surface area (Å²) in [4.78, 5) is 12.5. The van der Waals surface area contributed by atoms with Crippen LogP contribution in [0.3, 0.4) is 0 Å². The zero-order chi connectivity index (χ0) is 16.9. The van der Waals surface area contributed by atoms with Crippen molar-refractivity contribution in [3.8, 4) is 11.5 Å². The number of hydrogen-bond donors (Lipinski definition) is 2. The maximum atomic E-state index is 12.5. The number of benzene rings is 2. The highest BCUT2D eigenvalue weighted by Gasteiger charge is 2.20. The Morgan fingerprint density at radius 3 is 2.58 bits per heavy atom. The highest BCUT2D eigenvalue weighted by atomic mass is 16.5. The molecule has 0 fully saturated rings. The summed E-state index contributed by atoms with van der Waals surface area (Å²) in [5.74, 6) is 1.05. The number of hydrogen-bond acceptors (Lipinski definition) is 4. The highest BCUT2D eigenvalue weighted by molar-refractivity contribution is 5.95. The Labute approximate surface area is 142 Å². The van der Waals surface area contributed by atoms with Gasteiger partial charge in [-0.2, -0.15) is 0 Å². The summed E-state index contributed by atoms with van der Waals surface area (Å²) < 4.78 is 10.4. The van der Waals surface area contributed by atoms with Crippen LogP contribution in [-0.2, 0) is 6.42 Å². The van der Waals surface area contributed by atoms with Crippen LogP contribution in [0, 0.1) is 0 Å². The second-order valence-corrected chi connectivity index (χ2v) is 5.77. The number of carbonyl (C=O) groups is 1. The number of rotatable bonds is 5. The first-order valence-corrected chi connectivity index (χ1v) is 8.03. The smallest absolute Gasteiger partial charge is 0.251 e. The molecule has 2 N–H and O–H groups in total. The molecule has 1 unspecified atom stereocenters. The van der Waals surface area contributed by atoms with Gasteiger partial charge in [-0.05, 0) is 36.2 Å². The molecule has 0 bridgehead atoms. The number of nitrogens with one attached hydrogen (secondary N) is 2. The molecule has 0 radical (unpaired) electrons. The number of methoxy groups -OCH3 is 2. The first-order chi connectivity index (χ1) is 11.7. The Hall–Kier alpha value is -2.53. The van der Waals surface area contributed by atoms with E-state index in [2.05, 4.69) is 28.8 Å². The normalized spacial score (nSPS) is 16.2. The van der Waals surface area contributed by atoms with Gasteiger partial charge in [-0.3, -0.25) is 4.79 Å². The Morgan fingerprint density at radius 1 is 1.17 bits per heavy atom. The SMILES string of the molecule is COc1cc(OC)cc(C(=O)NCC2NCCc3ccccc32)c1. The van der Waals surface area contributed by atoms with E-state index in [1.165, 1.54) is 11.1 Å². The fourth-order valence-electron chi connectivity index (χ4n) is 3.01. The molecule has 3 rings (SSSR count). The molecule has 0 saturated carbocycles. The third-order valence-corrected chi connectivity index (χ3v) is 4.30. The summed E-state index contributed by atoms with van der Waals surface area (Å²) in [6.45, 7) is 1.46. The fraction of sp³-hybridized carbons (Fsp3) is 0.316. The van der Waals surface area contributed by atoms with Gasteiger partial charge in [0.05, 0.1) is 14.2 Å². The Kier molecular flexibility index (Phi) is 5.01. The van der Waals surface area contributed by atoms with Crippen LogP contribution >= 0.6 is 0 Å². The molecule has 2 aromatic carbocycles. The predicted molar refractivity (Wildman–Crippen MR) is 92.8 cm³/mol. The van der Waals surface area contributed by atoms with Crippen molar-refractivity contribution in [2.75, 3.05) is 27.3 Å². The van der Waals surface area contributed by atoms with Crippen molar-refractivity contribution in [1.29, 1.82) is 0 Å². The topological polar surface area (TPSA) is 59.6 Å². The maximum absolute atomic E-state index is 12.5. The van der Waals surface area contributed by atoms with Crippen LogP contribution in [0.4, 0.5) is 0 Å². The largest absolute Gasteiger partial charge is 0.497 e. The van der Waals surface area contributed by atoms with Gasteiger partial charge < -0.3 is 20.1 Å². The summed E-state index contributed by atoms with van der Waals surface area (Å²) in [7, 11) is 3.14. The molecule has 0 saturated heterocycles. The van der Waals surface area contributed by atoms with Crippen LogP contribution in [0.1, 0.15) is 27.5 Å². The minimum Gasteiger partial charge on any atom is -0.497 e. The minimum absolute atomic E-state index is 0.131. The average molecular weight is 326 g/mol. The van der Waals surface area contributed by atoms with Crippen molar-refractivity contribution in [1.82, 2.24) is 10.6 Å². The molecule has 0 spiro atoms. The number of fused-ring (bicyclic) bond motifs is 1. The molecule has 2 aromatic rings. The van der Waals surface area contributed by atoms with E-state index in [0.717, 1.165) is 13.0 Å². The first-order valence-electron chi connectivity index (χ1n) is 8.03. The van der Waals surface area contributed by atoms with Crippen LogP contribution in [0.5, 0.6) is 11.5 Å².